The first-order valence-electron chi connectivity index (χ1n) is 8.35. The zero-order valence-electron chi connectivity index (χ0n) is 15.6. The van der Waals surface area contributed by atoms with Crippen molar-refractivity contribution in [1.29, 1.82) is 0 Å². The van der Waals surface area contributed by atoms with Crippen LogP contribution in [0, 0.1) is 5.41 Å². The van der Waals surface area contributed by atoms with Gasteiger partial charge in [-0.05, 0) is 72.6 Å². The van der Waals surface area contributed by atoms with Crippen LogP contribution in [-0.4, -0.2) is 35.6 Å². The molecule has 0 amide bonds. The van der Waals surface area contributed by atoms with Gasteiger partial charge >= 0.3 is 0 Å². The second-order valence-corrected chi connectivity index (χ2v) is 8.18. The monoisotopic (exact) mass is 302 g/mol. The number of rotatable bonds is 11. The molecule has 0 fully saturated rings. The maximum absolute atomic E-state index is 9.69. The average molecular weight is 302 g/mol. The molecule has 0 atom stereocenters. The fraction of sp³-hybridized carbons (Fsp3) is 1.00. The topological polar surface area (TPSA) is 38.7 Å². The van der Waals surface area contributed by atoms with Crippen LogP contribution >= 0.6 is 0 Å². The van der Waals surface area contributed by atoms with Gasteiger partial charge in [-0.15, -0.1) is 0 Å². The van der Waals surface area contributed by atoms with Crippen LogP contribution in [0.3, 0.4) is 0 Å². The van der Waals surface area contributed by atoms with E-state index in [1.165, 1.54) is 0 Å². The quantitative estimate of drug-likeness (QED) is 0.568. The molecule has 0 heterocycles. The van der Waals surface area contributed by atoms with E-state index >= 15 is 0 Å². The van der Waals surface area contributed by atoms with Gasteiger partial charge in [0.05, 0.1) is 17.3 Å². The van der Waals surface area contributed by atoms with E-state index in [0.717, 1.165) is 38.9 Å². The van der Waals surface area contributed by atoms with Crippen molar-refractivity contribution in [3.63, 3.8) is 0 Å². The lowest BCUT2D eigenvalue weighted by Gasteiger charge is -2.41. The van der Waals surface area contributed by atoms with Crippen molar-refractivity contribution in [2.24, 2.45) is 5.41 Å². The predicted octanol–water partition coefficient (Wildman–Crippen LogP) is 4.56. The fourth-order valence-corrected chi connectivity index (χ4v) is 2.03. The van der Waals surface area contributed by atoms with Crippen LogP contribution in [0.5, 0.6) is 0 Å². The van der Waals surface area contributed by atoms with E-state index in [-0.39, 0.29) is 17.1 Å². The predicted molar refractivity (Wildman–Crippen MR) is 89.7 cm³/mol. The minimum atomic E-state index is -0.566. The van der Waals surface area contributed by atoms with Crippen molar-refractivity contribution in [2.45, 2.75) is 98.4 Å². The molecule has 0 radical (unpaired) electrons. The summed E-state index contributed by atoms with van der Waals surface area (Å²) in [5.41, 5.74) is -0.677. The van der Waals surface area contributed by atoms with Gasteiger partial charge in [-0.2, -0.15) is 0 Å². The zero-order chi connectivity index (χ0) is 16.7. The number of unbranched alkanes of at least 4 members (excludes halogenated alkanes) is 1. The van der Waals surface area contributed by atoms with Crippen molar-refractivity contribution < 1.29 is 14.6 Å². The molecule has 128 valence electrons. The Morgan fingerprint density at radius 2 is 1.43 bits per heavy atom. The number of hydrogen-bond acceptors (Lipinski definition) is 3. The van der Waals surface area contributed by atoms with Gasteiger partial charge in [-0.1, -0.05) is 13.8 Å². The summed E-state index contributed by atoms with van der Waals surface area (Å²) >= 11 is 0. The lowest BCUT2D eigenvalue weighted by Crippen LogP contribution is -2.42. The van der Waals surface area contributed by atoms with Crippen LogP contribution in [0.1, 0.15) is 81.1 Å². The smallest absolute Gasteiger partial charge is 0.0678 e. The highest BCUT2D eigenvalue weighted by Crippen LogP contribution is 2.37. The third-order valence-electron chi connectivity index (χ3n) is 4.45. The Labute approximate surface area is 132 Å². The minimum absolute atomic E-state index is 0.0676. The van der Waals surface area contributed by atoms with Gasteiger partial charge in [0.15, 0.2) is 0 Å². The van der Waals surface area contributed by atoms with Crippen LogP contribution in [0.4, 0.5) is 0 Å². The second kappa shape index (κ2) is 8.50. The fourth-order valence-electron chi connectivity index (χ4n) is 2.03. The largest absolute Gasteiger partial charge is 0.390 e. The van der Waals surface area contributed by atoms with Crippen molar-refractivity contribution in [3.8, 4) is 0 Å². The molecule has 0 saturated heterocycles. The molecule has 0 aliphatic heterocycles. The molecule has 1 N–H and O–H groups in total. The maximum atomic E-state index is 9.69. The molecular weight excluding hydrogens is 264 g/mol. The van der Waals surface area contributed by atoms with E-state index in [2.05, 4.69) is 41.5 Å². The maximum Gasteiger partial charge on any atom is 0.0678 e. The van der Waals surface area contributed by atoms with E-state index in [4.69, 9.17) is 9.47 Å². The van der Waals surface area contributed by atoms with Crippen molar-refractivity contribution in [1.82, 2.24) is 0 Å². The Morgan fingerprint density at radius 1 is 0.857 bits per heavy atom. The van der Waals surface area contributed by atoms with E-state index in [1.807, 2.05) is 13.8 Å². The summed E-state index contributed by atoms with van der Waals surface area (Å²) in [6, 6.07) is 0. The summed E-state index contributed by atoms with van der Waals surface area (Å²) in [6.07, 6.45) is 4.08. The summed E-state index contributed by atoms with van der Waals surface area (Å²) in [5, 5.41) is 9.69. The van der Waals surface area contributed by atoms with Crippen molar-refractivity contribution in [3.05, 3.63) is 0 Å². The lowest BCUT2D eigenvalue weighted by atomic mass is 9.74. The molecule has 0 aliphatic carbocycles. The number of hydrogen-bond donors (Lipinski definition) is 1. The molecule has 0 aromatic rings. The molecule has 3 nitrogen and oxygen atoms in total. The van der Waals surface area contributed by atoms with Crippen LogP contribution in [0.15, 0.2) is 0 Å². The molecule has 0 aromatic carbocycles. The van der Waals surface area contributed by atoms with Crippen LogP contribution in [0.25, 0.3) is 0 Å². The van der Waals surface area contributed by atoms with Gasteiger partial charge in [0, 0.05) is 13.2 Å². The number of ether oxygens (including phenoxy) is 2. The molecule has 0 spiro atoms. The van der Waals surface area contributed by atoms with Crippen molar-refractivity contribution in [2.75, 3.05) is 13.2 Å². The Balaban J connectivity index is 4.08. The third-order valence-corrected chi connectivity index (χ3v) is 4.45. The first-order valence-corrected chi connectivity index (χ1v) is 8.35. The second-order valence-electron chi connectivity index (χ2n) is 8.18. The Kier molecular flexibility index (Phi) is 8.45. The normalized spacial score (nSPS) is 14.0. The third kappa shape index (κ3) is 9.49. The summed E-state index contributed by atoms with van der Waals surface area (Å²) in [5.74, 6) is 0. The molecule has 0 aromatic heterocycles. The first kappa shape index (κ1) is 20.9. The summed E-state index contributed by atoms with van der Waals surface area (Å²) in [4.78, 5) is 0. The van der Waals surface area contributed by atoms with Crippen LogP contribution < -0.4 is 0 Å². The standard InChI is InChI=1S/C18H38O3/c1-15(2)20-14-12-16(3,4)18(7,8)21-13-10-9-11-17(5,6)19/h15,19H,9-14H2,1-8H3. The minimum Gasteiger partial charge on any atom is -0.390 e. The lowest BCUT2D eigenvalue weighted by molar-refractivity contribution is -0.110. The van der Waals surface area contributed by atoms with E-state index in [0.29, 0.717) is 0 Å². The summed E-state index contributed by atoms with van der Waals surface area (Å²) < 4.78 is 11.8. The molecule has 0 rings (SSSR count). The zero-order valence-corrected chi connectivity index (χ0v) is 15.6. The molecule has 0 aliphatic rings. The molecule has 0 unspecified atom stereocenters. The Hall–Kier alpha value is -0.120. The molecule has 0 saturated carbocycles. The molecule has 0 bridgehead atoms. The average Bonchev–Trinajstić information content (AvgIpc) is 2.25. The number of aliphatic hydroxyl groups is 1. The van der Waals surface area contributed by atoms with Crippen LogP contribution in [-0.2, 0) is 9.47 Å². The summed E-state index contributed by atoms with van der Waals surface area (Å²) in [7, 11) is 0. The molecular formula is C18H38O3. The summed E-state index contributed by atoms with van der Waals surface area (Å²) in [6.45, 7) is 18.2. The molecule has 21 heavy (non-hydrogen) atoms. The van der Waals surface area contributed by atoms with E-state index in [9.17, 15) is 5.11 Å². The SMILES string of the molecule is CC(C)OCCC(C)(C)C(C)(C)OCCCCC(C)(C)O. The van der Waals surface area contributed by atoms with Crippen molar-refractivity contribution >= 4 is 0 Å². The van der Waals surface area contributed by atoms with E-state index in [1.54, 1.807) is 0 Å². The first-order chi connectivity index (χ1) is 9.37. The van der Waals surface area contributed by atoms with Gasteiger partial charge in [0.25, 0.3) is 0 Å². The Bertz CT molecular complexity index is 275. The Morgan fingerprint density at radius 3 is 1.90 bits per heavy atom. The van der Waals surface area contributed by atoms with Gasteiger partial charge in [0.1, 0.15) is 0 Å². The van der Waals surface area contributed by atoms with Gasteiger partial charge in [-0.25, -0.2) is 0 Å². The van der Waals surface area contributed by atoms with Gasteiger partial charge < -0.3 is 14.6 Å². The highest BCUT2D eigenvalue weighted by molar-refractivity contribution is 4.87. The van der Waals surface area contributed by atoms with Gasteiger partial charge in [-0.3, -0.25) is 0 Å². The van der Waals surface area contributed by atoms with Gasteiger partial charge in [0.2, 0.25) is 0 Å². The van der Waals surface area contributed by atoms with Crippen LogP contribution in [0.2, 0.25) is 0 Å². The highest BCUT2D eigenvalue weighted by atomic mass is 16.5. The highest BCUT2D eigenvalue weighted by Gasteiger charge is 2.37. The van der Waals surface area contributed by atoms with E-state index < -0.39 is 5.60 Å². The molecule has 3 heteroatoms.